The summed E-state index contributed by atoms with van der Waals surface area (Å²) in [6, 6.07) is 10.6. The molecule has 1 atom stereocenters. The molecular weight excluding hydrogens is 444 g/mol. The highest BCUT2D eigenvalue weighted by molar-refractivity contribution is 7.91. The van der Waals surface area contributed by atoms with Crippen molar-refractivity contribution in [2.24, 2.45) is 0 Å². The molecule has 1 saturated heterocycles. The first kappa shape index (κ1) is 21.4. The Morgan fingerprint density at radius 3 is 2.79 bits per heavy atom. The molecular formula is C24H22N2O6S. The van der Waals surface area contributed by atoms with Crippen molar-refractivity contribution in [3.8, 4) is 0 Å². The van der Waals surface area contributed by atoms with Crippen molar-refractivity contribution in [2.45, 2.75) is 25.3 Å². The number of rotatable bonds is 5. The van der Waals surface area contributed by atoms with Crippen LogP contribution in [0.15, 0.2) is 47.1 Å². The van der Waals surface area contributed by atoms with Crippen LogP contribution in [-0.4, -0.2) is 49.4 Å². The van der Waals surface area contributed by atoms with Crippen LogP contribution in [0.5, 0.6) is 0 Å². The van der Waals surface area contributed by atoms with Crippen molar-refractivity contribution in [2.75, 3.05) is 18.1 Å². The number of carbonyl (C=O) groups excluding carboxylic acids is 2. The van der Waals surface area contributed by atoms with Crippen molar-refractivity contribution < 1.29 is 27.2 Å². The van der Waals surface area contributed by atoms with E-state index >= 15 is 0 Å². The second-order valence-corrected chi connectivity index (χ2v) is 10.5. The van der Waals surface area contributed by atoms with Crippen molar-refractivity contribution in [1.29, 1.82) is 0 Å². The van der Waals surface area contributed by atoms with Crippen molar-refractivity contribution in [3.63, 3.8) is 0 Å². The average Bonchev–Trinajstić information content (AvgIpc) is 3.52. The van der Waals surface area contributed by atoms with Crippen LogP contribution in [0.1, 0.15) is 40.2 Å². The van der Waals surface area contributed by atoms with Gasteiger partial charge in [0.05, 0.1) is 34.5 Å². The molecule has 5 rings (SSSR count). The molecule has 0 saturated carbocycles. The highest BCUT2D eigenvalue weighted by atomic mass is 32.2. The first-order valence-corrected chi connectivity index (χ1v) is 12.5. The molecule has 0 spiro atoms. The van der Waals surface area contributed by atoms with E-state index in [1.807, 2.05) is 42.5 Å². The number of allylic oxidation sites excluding steroid dienone is 1. The summed E-state index contributed by atoms with van der Waals surface area (Å²) >= 11 is 0. The van der Waals surface area contributed by atoms with Crippen LogP contribution in [0.3, 0.4) is 0 Å². The molecule has 0 radical (unpaired) electrons. The molecule has 1 aliphatic heterocycles. The Morgan fingerprint density at radius 1 is 1.18 bits per heavy atom. The van der Waals surface area contributed by atoms with Crippen molar-refractivity contribution >= 4 is 44.3 Å². The number of fused-ring (bicyclic) bond motifs is 2. The highest BCUT2D eigenvalue weighted by Crippen LogP contribution is 2.37. The summed E-state index contributed by atoms with van der Waals surface area (Å²) in [6.45, 7) is -0.476. The number of hydrogen-bond acceptors (Lipinski definition) is 7. The van der Waals surface area contributed by atoms with Crippen LogP contribution in [0.4, 0.5) is 0 Å². The second kappa shape index (κ2) is 8.47. The first-order valence-electron chi connectivity index (χ1n) is 10.7. The number of esters is 1. The van der Waals surface area contributed by atoms with E-state index in [0.717, 1.165) is 16.8 Å². The monoisotopic (exact) mass is 466 g/mol. The molecule has 3 aromatic rings. The fourth-order valence-electron chi connectivity index (χ4n) is 4.44. The maximum atomic E-state index is 13.1. The minimum Gasteiger partial charge on any atom is -0.465 e. The van der Waals surface area contributed by atoms with Crippen LogP contribution in [0.25, 0.3) is 22.6 Å². The topological polar surface area (TPSA) is 116 Å². The normalized spacial score (nSPS) is 20.1. The zero-order chi connectivity index (χ0) is 23.0. The average molecular weight is 467 g/mol. The summed E-state index contributed by atoms with van der Waals surface area (Å²) in [4.78, 5) is 30.2. The number of sulfone groups is 1. The Hall–Kier alpha value is -3.46. The molecule has 2 aliphatic rings. The molecule has 0 bridgehead atoms. The van der Waals surface area contributed by atoms with Crippen LogP contribution >= 0.6 is 0 Å². The predicted molar refractivity (Wildman–Crippen MR) is 122 cm³/mol. The third-order valence-corrected chi connectivity index (χ3v) is 7.71. The van der Waals surface area contributed by atoms with Gasteiger partial charge in [0, 0.05) is 11.4 Å². The molecule has 3 heterocycles. The number of para-hydroxylation sites is 1. The Labute approximate surface area is 190 Å². The van der Waals surface area contributed by atoms with Gasteiger partial charge >= 0.3 is 5.97 Å². The van der Waals surface area contributed by atoms with Crippen molar-refractivity contribution in [1.82, 2.24) is 10.3 Å². The maximum Gasteiger partial charge on any atom is 0.339 e. The fraction of sp³-hybridized carbons (Fsp3) is 0.292. The van der Waals surface area contributed by atoms with Crippen LogP contribution in [0, 0.1) is 0 Å². The maximum absolute atomic E-state index is 13.1. The molecule has 1 amide bonds. The third kappa shape index (κ3) is 4.41. The molecule has 1 fully saturated rings. The number of nitrogens with one attached hydrogen (secondary N) is 1. The van der Waals surface area contributed by atoms with Gasteiger partial charge in [-0.05, 0) is 54.7 Å². The lowest BCUT2D eigenvalue weighted by atomic mass is 10.0. The number of aromatic nitrogens is 1. The number of nitrogens with zero attached hydrogens (tertiary/aromatic N) is 1. The molecule has 8 nitrogen and oxygen atoms in total. The quantitative estimate of drug-likeness (QED) is 0.575. The van der Waals surface area contributed by atoms with E-state index in [0.29, 0.717) is 41.5 Å². The number of hydrogen-bond donors (Lipinski definition) is 1. The van der Waals surface area contributed by atoms with E-state index in [9.17, 15) is 18.0 Å². The lowest BCUT2D eigenvalue weighted by molar-refractivity contribution is -0.124. The number of furan rings is 1. The first-order chi connectivity index (χ1) is 15.9. The minimum atomic E-state index is -3.11. The van der Waals surface area contributed by atoms with Gasteiger partial charge in [-0.15, -0.1) is 0 Å². The van der Waals surface area contributed by atoms with E-state index in [2.05, 4.69) is 5.32 Å². The predicted octanol–water partition coefficient (Wildman–Crippen LogP) is 2.77. The number of benzene rings is 1. The van der Waals surface area contributed by atoms with Gasteiger partial charge in [0.1, 0.15) is 5.76 Å². The fourth-order valence-corrected chi connectivity index (χ4v) is 6.11. The third-order valence-electron chi connectivity index (χ3n) is 5.94. The lowest BCUT2D eigenvalue weighted by Crippen LogP contribution is -2.38. The van der Waals surface area contributed by atoms with Gasteiger partial charge < -0.3 is 14.5 Å². The molecule has 1 N–H and O–H groups in total. The van der Waals surface area contributed by atoms with Crippen LogP contribution < -0.4 is 5.32 Å². The summed E-state index contributed by atoms with van der Waals surface area (Å²) in [5.41, 5.74) is 3.57. The van der Waals surface area contributed by atoms with E-state index in [1.54, 1.807) is 6.26 Å². The smallest absolute Gasteiger partial charge is 0.339 e. The second-order valence-electron chi connectivity index (χ2n) is 8.26. The largest absolute Gasteiger partial charge is 0.465 e. The van der Waals surface area contributed by atoms with Gasteiger partial charge in [-0.3, -0.25) is 4.79 Å². The van der Waals surface area contributed by atoms with E-state index in [1.165, 1.54) is 0 Å². The molecule has 9 heteroatoms. The zero-order valence-electron chi connectivity index (χ0n) is 17.7. The number of amides is 1. The van der Waals surface area contributed by atoms with E-state index < -0.39 is 34.4 Å². The van der Waals surface area contributed by atoms with E-state index in [4.69, 9.17) is 14.1 Å². The van der Waals surface area contributed by atoms with Crippen molar-refractivity contribution in [3.05, 3.63) is 65.2 Å². The molecule has 33 heavy (non-hydrogen) atoms. The number of ether oxygens (including phenoxy) is 1. The summed E-state index contributed by atoms with van der Waals surface area (Å²) in [7, 11) is -3.11. The molecule has 1 unspecified atom stereocenters. The van der Waals surface area contributed by atoms with Crippen LogP contribution in [-0.2, 0) is 25.8 Å². The van der Waals surface area contributed by atoms with Gasteiger partial charge in [0.25, 0.3) is 5.91 Å². The SMILES string of the molecule is O=C(COC(=O)c1c2c(nc3ccccc13)/C(=C/c1ccco1)CC2)NC1CCS(=O)(=O)C1. The van der Waals surface area contributed by atoms with Gasteiger partial charge in [0.15, 0.2) is 16.4 Å². The summed E-state index contributed by atoms with van der Waals surface area (Å²) in [5.74, 6) is -0.430. The Balaban J connectivity index is 1.40. The highest BCUT2D eigenvalue weighted by Gasteiger charge is 2.30. The number of pyridine rings is 1. The summed E-state index contributed by atoms with van der Waals surface area (Å²) < 4.78 is 34.0. The Bertz CT molecular complexity index is 1380. The van der Waals surface area contributed by atoms with E-state index in [-0.39, 0.29) is 11.5 Å². The standard InChI is InChI=1S/C24H22N2O6S/c27-21(25-16-9-11-33(29,30)14-16)13-32-24(28)22-18-5-1-2-6-20(18)26-23-15(7-8-19(22)23)12-17-4-3-10-31-17/h1-6,10,12,16H,7-9,11,13-14H2,(H,25,27)/b15-12+. The van der Waals surface area contributed by atoms with Gasteiger partial charge in [-0.1, -0.05) is 18.2 Å². The van der Waals surface area contributed by atoms with Gasteiger partial charge in [-0.25, -0.2) is 18.2 Å². The summed E-state index contributed by atoms with van der Waals surface area (Å²) in [6.07, 6.45) is 5.22. The molecule has 1 aliphatic carbocycles. The van der Waals surface area contributed by atoms with Gasteiger partial charge in [0.2, 0.25) is 0 Å². The molecule has 1 aromatic carbocycles. The van der Waals surface area contributed by atoms with Gasteiger partial charge in [-0.2, -0.15) is 0 Å². The molecule has 170 valence electrons. The molecule has 2 aromatic heterocycles. The van der Waals surface area contributed by atoms with Crippen LogP contribution in [0.2, 0.25) is 0 Å². The number of carbonyl (C=O) groups is 2. The summed E-state index contributed by atoms with van der Waals surface area (Å²) in [5, 5.41) is 3.30. The Kier molecular flexibility index (Phi) is 5.49. The Morgan fingerprint density at radius 2 is 2.03 bits per heavy atom. The minimum absolute atomic E-state index is 0.0563. The zero-order valence-corrected chi connectivity index (χ0v) is 18.6. The lowest BCUT2D eigenvalue weighted by Gasteiger charge is -2.14.